The highest BCUT2D eigenvalue weighted by Crippen LogP contribution is 2.14. The molecule has 0 aliphatic carbocycles. The molecule has 0 radical (unpaired) electrons. The number of benzene rings is 1. The standard InChI is InChI=1S/C14H18N2O3/c1-16(7-2-3-14(17)18)8-6-11-4-5-12-13(9-11)19-10-15-12/h4-5,9-10H,2-3,6-8H2,1H3,(H,17,18). The number of carbonyl (C=O) groups is 1. The number of oxazole rings is 1. The minimum atomic E-state index is -0.732. The Morgan fingerprint density at radius 1 is 1.42 bits per heavy atom. The van der Waals surface area contributed by atoms with Crippen molar-refractivity contribution in [2.45, 2.75) is 19.3 Å². The molecule has 0 atom stereocenters. The number of nitrogens with zero attached hydrogens (tertiary/aromatic N) is 2. The third kappa shape index (κ3) is 4.06. The maximum atomic E-state index is 10.4. The number of hydrogen-bond donors (Lipinski definition) is 1. The fourth-order valence-electron chi connectivity index (χ4n) is 1.99. The zero-order chi connectivity index (χ0) is 13.7. The summed E-state index contributed by atoms with van der Waals surface area (Å²) in [7, 11) is 2.01. The van der Waals surface area contributed by atoms with E-state index in [4.69, 9.17) is 9.52 Å². The van der Waals surface area contributed by atoms with Gasteiger partial charge in [0.25, 0.3) is 0 Å². The summed E-state index contributed by atoms with van der Waals surface area (Å²) in [5.41, 5.74) is 2.89. The van der Waals surface area contributed by atoms with Gasteiger partial charge in [0.1, 0.15) is 5.52 Å². The molecule has 0 saturated heterocycles. The van der Waals surface area contributed by atoms with E-state index in [2.05, 4.69) is 16.0 Å². The van der Waals surface area contributed by atoms with Crippen LogP contribution in [0.1, 0.15) is 18.4 Å². The summed E-state index contributed by atoms with van der Waals surface area (Å²) in [6.07, 6.45) is 3.29. The Morgan fingerprint density at radius 3 is 3.05 bits per heavy atom. The smallest absolute Gasteiger partial charge is 0.303 e. The summed E-state index contributed by atoms with van der Waals surface area (Å²) < 4.78 is 5.27. The lowest BCUT2D eigenvalue weighted by atomic mass is 10.1. The highest BCUT2D eigenvalue weighted by Gasteiger charge is 2.04. The van der Waals surface area contributed by atoms with Crippen molar-refractivity contribution in [1.29, 1.82) is 0 Å². The van der Waals surface area contributed by atoms with Crippen LogP contribution in [0.15, 0.2) is 29.0 Å². The van der Waals surface area contributed by atoms with E-state index >= 15 is 0 Å². The molecule has 0 saturated carbocycles. The molecule has 102 valence electrons. The fraction of sp³-hybridized carbons (Fsp3) is 0.429. The molecular weight excluding hydrogens is 244 g/mol. The molecule has 0 aliphatic rings. The van der Waals surface area contributed by atoms with Crippen molar-refractivity contribution in [2.75, 3.05) is 20.1 Å². The van der Waals surface area contributed by atoms with Crippen LogP contribution in [-0.4, -0.2) is 41.1 Å². The predicted octanol–water partition coefficient (Wildman–Crippen LogP) is 2.17. The molecule has 5 nitrogen and oxygen atoms in total. The minimum Gasteiger partial charge on any atom is -0.481 e. The highest BCUT2D eigenvalue weighted by molar-refractivity contribution is 5.72. The van der Waals surface area contributed by atoms with Gasteiger partial charge >= 0.3 is 5.97 Å². The van der Waals surface area contributed by atoms with E-state index in [-0.39, 0.29) is 6.42 Å². The van der Waals surface area contributed by atoms with Crippen LogP contribution in [0.4, 0.5) is 0 Å². The molecule has 1 aromatic heterocycles. The van der Waals surface area contributed by atoms with Crippen molar-refractivity contribution in [2.24, 2.45) is 0 Å². The van der Waals surface area contributed by atoms with Crippen molar-refractivity contribution in [1.82, 2.24) is 9.88 Å². The lowest BCUT2D eigenvalue weighted by Crippen LogP contribution is -2.23. The Hall–Kier alpha value is -1.88. The molecule has 19 heavy (non-hydrogen) atoms. The largest absolute Gasteiger partial charge is 0.481 e. The topological polar surface area (TPSA) is 66.6 Å². The predicted molar refractivity (Wildman–Crippen MR) is 72.1 cm³/mol. The van der Waals surface area contributed by atoms with E-state index in [1.807, 2.05) is 19.2 Å². The van der Waals surface area contributed by atoms with Crippen LogP contribution in [0, 0.1) is 0 Å². The van der Waals surface area contributed by atoms with Gasteiger partial charge in [-0.2, -0.15) is 0 Å². The van der Waals surface area contributed by atoms with E-state index in [0.29, 0.717) is 6.42 Å². The van der Waals surface area contributed by atoms with Crippen molar-refractivity contribution >= 4 is 17.1 Å². The van der Waals surface area contributed by atoms with Crippen LogP contribution in [0.3, 0.4) is 0 Å². The van der Waals surface area contributed by atoms with Gasteiger partial charge in [0.05, 0.1) is 0 Å². The average Bonchev–Trinajstić information content (AvgIpc) is 2.83. The summed E-state index contributed by atoms with van der Waals surface area (Å²) in [5.74, 6) is -0.732. The molecule has 2 rings (SSSR count). The molecule has 2 aromatic rings. The number of aromatic nitrogens is 1. The van der Waals surface area contributed by atoms with Gasteiger partial charge in [-0.1, -0.05) is 6.07 Å². The SMILES string of the molecule is CN(CCCC(=O)O)CCc1ccc2ncoc2c1. The van der Waals surface area contributed by atoms with E-state index in [1.54, 1.807) is 0 Å². The molecule has 1 heterocycles. The first-order valence-electron chi connectivity index (χ1n) is 6.37. The molecule has 0 spiro atoms. The third-order valence-corrected chi connectivity index (χ3v) is 3.11. The second kappa shape index (κ2) is 6.33. The first kappa shape index (κ1) is 13.5. The summed E-state index contributed by atoms with van der Waals surface area (Å²) >= 11 is 0. The van der Waals surface area contributed by atoms with Crippen LogP contribution >= 0.6 is 0 Å². The number of likely N-dealkylation sites (N-methyl/N-ethyl adjacent to an activating group) is 1. The van der Waals surface area contributed by atoms with Crippen LogP contribution < -0.4 is 0 Å². The maximum absolute atomic E-state index is 10.4. The summed E-state index contributed by atoms with van der Waals surface area (Å²) in [6.45, 7) is 1.70. The van der Waals surface area contributed by atoms with Crippen molar-refractivity contribution in [3.8, 4) is 0 Å². The van der Waals surface area contributed by atoms with Crippen molar-refractivity contribution < 1.29 is 14.3 Å². The van der Waals surface area contributed by atoms with Crippen LogP contribution in [-0.2, 0) is 11.2 Å². The van der Waals surface area contributed by atoms with Gasteiger partial charge in [-0.05, 0) is 44.1 Å². The number of carboxylic acids is 1. The van der Waals surface area contributed by atoms with Gasteiger partial charge in [-0.15, -0.1) is 0 Å². The molecule has 0 aliphatic heterocycles. The number of aliphatic carboxylic acids is 1. The van der Waals surface area contributed by atoms with Gasteiger partial charge in [0.15, 0.2) is 12.0 Å². The van der Waals surface area contributed by atoms with Gasteiger partial charge in [0.2, 0.25) is 0 Å². The normalized spacial score (nSPS) is 11.3. The molecule has 1 N–H and O–H groups in total. The van der Waals surface area contributed by atoms with E-state index in [0.717, 1.165) is 30.6 Å². The Bertz CT molecular complexity index is 550. The summed E-state index contributed by atoms with van der Waals surface area (Å²) in [6, 6.07) is 6.02. The Morgan fingerprint density at radius 2 is 2.26 bits per heavy atom. The Balaban J connectivity index is 1.79. The fourth-order valence-corrected chi connectivity index (χ4v) is 1.99. The number of fused-ring (bicyclic) bond motifs is 1. The zero-order valence-electron chi connectivity index (χ0n) is 11.0. The summed E-state index contributed by atoms with van der Waals surface area (Å²) in [5, 5.41) is 8.58. The number of hydrogen-bond acceptors (Lipinski definition) is 4. The molecule has 1 aromatic carbocycles. The van der Waals surface area contributed by atoms with Gasteiger partial charge < -0.3 is 14.4 Å². The van der Waals surface area contributed by atoms with Crippen LogP contribution in [0.5, 0.6) is 0 Å². The van der Waals surface area contributed by atoms with Crippen LogP contribution in [0.25, 0.3) is 11.1 Å². The van der Waals surface area contributed by atoms with Crippen molar-refractivity contribution in [3.05, 3.63) is 30.2 Å². The minimum absolute atomic E-state index is 0.231. The van der Waals surface area contributed by atoms with Crippen LogP contribution in [0.2, 0.25) is 0 Å². The molecule has 5 heteroatoms. The van der Waals surface area contributed by atoms with Gasteiger partial charge in [-0.3, -0.25) is 4.79 Å². The molecule has 0 amide bonds. The zero-order valence-corrected chi connectivity index (χ0v) is 11.0. The lowest BCUT2D eigenvalue weighted by Gasteiger charge is -2.15. The van der Waals surface area contributed by atoms with Crippen molar-refractivity contribution in [3.63, 3.8) is 0 Å². The Labute approximate surface area is 111 Å². The van der Waals surface area contributed by atoms with E-state index in [9.17, 15) is 4.79 Å². The number of carboxylic acid groups (broad SMARTS) is 1. The lowest BCUT2D eigenvalue weighted by molar-refractivity contribution is -0.137. The molecule has 0 bridgehead atoms. The molecular formula is C14H18N2O3. The monoisotopic (exact) mass is 262 g/mol. The molecule has 0 unspecified atom stereocenters. The van der Waals surface area contributed by atoms with E-state index in [1.165, 1.54) is 12.0 Å². The second-order valence-electron chi connectivity index (χ2n) is 4.71. The maximum Gasteiger partial charge on any atom is 0.303 e. The average molecular weight is 262 g/mol. The highest BCUT2D eigenvalue weighted by atomic mass is 16.4. The second-order valence-corrected chi connectivity index (χ2v) is 4.71. The summed E-state index contributed by atoms with van der Waals surface area (Å²) in [4.78, 5) is 16.6. The first-order chi connectivity index (χ1) is 9.15. The quantitative estimate of drug-likeness (QED) is 0.828. The number of rotatable bonds is 7. The van der Waals surface area contributed by atoms with E-state index < -0.39 is 5.97 Å². The Kier molecular flexibility index (Phi) is 4.52. The third-order valence-electron chi connectivity index (χ3n) is 3.11. The molecule has 0 fully saturated rings. The van der Waals surface area contributed by atoms with Gasteiger partial charge in [0, 0.05) is 13.0 Å². The first-order valence-corrected chi connectivity index (χ1v) is 6.37. The van der Waals surface area contributed by atoms with Gasteiger partial charge in [-0.25, -0.2) is 4.98 Å².